The normalized spacial score (nSPS) is 22.4. The molecule has 242 valence electrons. The molecular weight excluding hydrogens is 596 g/mol. The van der Waals surface area contributed by atoms with Crippen molar-refractivity contribution in [3.05, 3.63) is 68.9 Å². The molecule has 2 aliphatic rings. The summed E-state index contributed by atoms with van der Waals surface area (Å²) in [5, 5.41) is 12.4. The second-order valence-corrected chi connectivity index (χ2v) is 10.0. The molecule has 5 atom stereocenters. The topological polar surface area (TPSA) is 220 Å². The maximum absolute atomic E-state index is 13.4. The number of H-pyrrole nitrogens is 1. The number of fused-ring (bicyclic) bond motifs is 2. The smallest absolute Gasteiger partial charge is 0.338 e. The van der Waals surface area contributed by atoms with Crippen molar-refractivity contribution in [2.24, 2.45) is 0 Å². The first-order valence-electron chi connectivity index (χ1n) is 14.1. The van der Waals surface area contributed by atoms with Crippen LogP contribution in [0.2, 0.25) is 0 Å². The van der Waals surface area contributed by atoms with E-state index in [1.54, 1.807) is 0 Å². The first kappa shape index (κ1) is 32.0. The number of nitrogens with two attached hydrogens (primary N) is 1. The van der Waals surface area contributed by atoms with Crippen molar-refractivity contribution in [3.8, 4) is 0 Å². The van der Waals surface area contributed by atoms with Crippen molar-refractivity contribution in [2.75, 3.05) is 52.4 Å². The Kier molecular flexibility index (Phi) is 10.1. The van der Waals surface area contributed by atoms with E-state index in [0.717, 1.165) is 0 Å². The fraction of sp³-hybridized carbons (Fsp3) is 0.464. The molecule has 45 heavy (non-hydrogen) atoms. The average molecular weight is 631 g/mol. The summed E-state index contributed by atoms with van der Waals surface area (Å²) < 4.78 is 36.5. The van der Waals surface area contributed by atoms with Gasteiger partial charge in [0, 0.05) is 19.2 Å². The molecule has 2 aromatic heterocycles. The SMILES string of the molecule is C=CCn1c(=O)n([C@@H]2O[C@H](CO)[C@H]3OC(COCCOCCOC(=O)c4ccc(C(=O)NC)cc4)O[C@H]32)c2nc(N)[nH]c(=O)c21. The Bertz CT molecular complexity index is 1650. The maximum atomic E-state index is 13.4. The monoisotopic (exact) mass is 630 g/mol. The highest BCUT2D eigenvalue weighted by Crippen LogP contribution is 2.39. The predicted molar refractivity (Wildman–Crippen MR) is 156 cm³/mol. The van der Waals surface area contributed by atoms with Gasteiger partial charge in [0.05, 0.1) is 38.6 Å². The van der Waals surface area contributed by atoms with E-state index in [1.165, 1.54) is 46.5 Å². The third kappa shape index (κ3) is 6.68. The third-order valence-corrected chi connectivity index (χ3v) is 7.18. The molecule has 2 aliphatic heterocycles. The standard InChI is InChI=1S/C28H34N6O11/c1-3-8-33-19-22(31-27(29)32-24(19)37)34(28(33)39)25-21-20(17(13-35)43-25)44-18(45-21)14-41-10-9-40-11-12-42-26(38)16-6-4-15(5-7-16)23(36)30-2/h3-7,17-18,20-21,25,35H,1,8-14H2,2H3,(H,30,36)(H3,29,31,32,37)/t17-,18?,20-,21-,25-/m1/s1. The van der Waals surface area contributed by atoms with Crippen molar-refractivity contribution in [1.82, 2.24) is 24.4 Å². The highest BCUT2D eigenvalue weighted by atomic mass is 16.8. The Balaban J connectivity index is 1.10. The van der Waals surface area contributed by atoms with Crippen LogP contribution in [0.3, 0.4) is 0 Å². The number of esters is 1. The number of aromatic amines is 1. The lowest BCUT2D eigenvalue weighted by atomic mass is 10.1. The second kappa shape index (κ2) is 14.1. The van der Waals surface area contributed by atoms with Gasteiger partial charge in [-0.2, -0.15) is 4.98 Å². The molecule has 0 bridgehead atoms. The minimum atomic E-state index is -1.08. The summed E-state index contributed by atoms with van der Waals surface area (Å²) in [4.78, 5) is 56.4. The molecule has 0 spiro atoms. The molecule has 1 unspecified atom stereocenters. The van der Waals surface area contributed by atoms with E-state index < -0.39 is 54.7 Å². The van der Waals surface area contributed by atoms with Gasteiger partial charge in [0.2, 0.25) is 5.95 Å². The number of aromatic nitrogens is 4. The van der Waals surface area contributed by atoms with Gasteiger partial charge in [-0.25, -0.2) is 14.2 Å². The van der Waals surface area contributed by atoms with E-state index in [1.807, 2.05) is 0 Å². The number of rotatable bonds is 14. The van der Waals surface area contributed by atoms with Crippen LogP contribution in [-0.2, 0) is 35.0 Å². The predicted octanol–water partition coefficient (Wildman–Crippen LogP) is -1.10. The number of hydrogen-bond acceptors (Lipinski definition) is 13. The minimum Gasteiger partial charge on any atom is -0.460 e. The van der Waals surface area contributed by atoms with E-state index in [4.69, 9.17) is 34.2 Å². The Morgan fingerprint density at radius 1 is 1.09 bits per heavy atom. The second-order valence-electron chi connectivity index (χ2n) is 10.0. The summed E-state index contributed by atoms with van der Waals surface area (Å²) in [5.41, 5.74) is 5.29. The van der Waals surface area contributed by atoms with Crippen LogP contribution in [0.4, 0.5) is 5.95 Å². The molecular formula is C28H34N6O11. The number of ether oxygens (including phenoxy) is 6. The zero-order valence-corrected chi connectivity index (χ0v) is 24.4. The molecule has 0 saturated carbocycles. The number of nitrogens with one attached hydrogen (secondary N) is 2. The number of aliphatic hydroxyl groups excluding tert-OH is 1. The van der Waals surface area contributed by atoms with Gasteiger partial charge in [-0.15, -0.1) is 6.58 Å². The number of imidazole rings is 1. The average Bonchev–Trinajstić information content (AvgIpc) is 3.68. The minimum absolute atomic E-state index is 0.00418. The number of nitrogens with zero attached hydrogens (tertiary/aromatic N) is 3. The van der Waals surface area contributed by atoms with Gasteiger partial charge in [-0.1, -0.05) is 6.08 Å². The molecule has 3 aromatic rings. The lowest BCUT2D eigenvalue weighted by Crippen LogP contribution is -2.34. The number of amides is 1. The molecule has 1 amide bonds. The number of hydrogen-bond donors (Lipinski definition) is 4. The van der Waals surface area contributed by atoms with Gasteiger partial charge in [0.1, 0.15) is 24.9 Å². The van der Waals surface area contributed by atoms with E-state index in [-0.39, 0.29) is 62.6 Å². The van der Waals surface area contributed by atoms with Crippen LogP contribution in [-0.4, -0.2) is 107 Å². The molecule has 1 aromatic carbocycles. The van der Waals surface area contributed by atoms with Gasteiger partial charge >= 0.3 is 11.7 Å². The fourth-order valence-electron chi connectivity index (χ4n) is 5.14. The summed E-state index contributed by atoms with van der Waals surface area (Å²) in [6.07, 6.45) is -2.84. The molecule has 5 rings (SSSR count). The van der Waals surface area contributed by atoms with E-state index in [9.17, 15) is 24.3 Å². The summed E-state index contributed by atoms with van der Waals surface area (Å²) in [6.45, 7) is 3.81. The van der Waals surface area contributed by atoms with E-state index in [0.29, 0.717) is 11.1 Å². The summed E-state index contributed by atoms with van der Waals surface area (Å²) in [6, 6.07) is 6.08. The molecule has 0 aliphatic carbocycles. The summed E-state index contributed by atoms with van der Waals surface area (Å²) in [7, 11) is 1.52. The molecule has 2 fully saturated rings. The van der Waals surface area contributed by atoms with Crippen LogP contribution >= 0.6 is 0 Å². The number of benzene rings is 1. The first-order chi connectivity index (χ1) is 21.8. The highest BCUT2D eigenvalue weighted by Gasteiger charge is 2.54. The molecule has 17 nitrogen and oxygen atoms in total. The van der Waals surface area contributed by atoms with Crippen molar-refractivity contribution in [2.45, 2.75) is 37.4 Å². The number of aliphatic hydroxyl groups is 1. The van der Waals surface area contributed by atoms with Gasteiger partial charge in [-0.3, -0.25) is 19.1 Å². The van der Waals surface area contributed by atoms with Crippen LogP contribution in [0.5, 0.6) is 0 Å². The first-order valence-corrected chi connectivity index (χ1v) is 14.1. The largest absolute Gasteiger partial charge is 0.460 e. The zero-order chi connectivity index (χ0) is 32.1. The fourth-order valence-corrected chi connectivity index (χ4v) is 5.14. The molecule has 4 heterocycles. The molecule has 0 radical (unpaired) electrons. The molecule has 2 saturated heterocycles. The quantitative estimate of drug-likeness (QED) is 0.0946. The van der Waals surface area contributed by atoms with Gasteiger partial charge < -0.3 is 44.6 Å². The maximum Gasteiger partial charge on any atom is 0.338 e. The molecule has 5 N–H and O–H groups in total. The van der Waals surface area contributed by atoms with Gasteiger partial charge in [-0.05, 0) is 24.3 Å². The molecule has 17 heteroatoms. The van der Waals surface area contributed by atoms with Crippen molar-refractivity contribution in [3.63, 3.8) is 0 Å². The lowest BCUT2D eigenvalue weighted by Gasteiger charge is -2.20. The number of nitrogen functional groups attached to an aromatic ring is 1. The Hall–Kier alpha value is -4.39. The van der Waals surface area contributed by atoms with Crippen LogP contribution in [0.1, 0.15) is 26.9 Å². The Morgan fingerprint density at radius 3 is 2.49 bits per heavy atom. The highest BCUT2D eigenvalue weighted by molar-refractivity contribution is 5.96. The van der Waals surface area contributed by atoms with Crippen molar-refractivity contribution < 1.29 is 43.1 Å². The van der Waals surface area contributed by atoms with E-state index >= 15 is 0 Å². The third-order valence-electron chi connectivity index (χ3n) is 7.18. The Labute approximate surface area is 255 Å². The van der Waals surface area contributed by atoms with Gasteiger partial charge in [0.25, 0.3) is 11.5 Å². The summed E-state index contributed by atoms with van der Waals surface area (Å²) in [5.74, 6) is -0.981. The number of allylic oxidation sites excluding steroid dienone is 1. The number of anilines is 1. The number of carbonyl (C=O) groups excluding carboxylic acids is 2. The van der Waals surface area contributed by atoms with Crippen LogP contribution in [0.25, 0.3) is 11.2 Å². The lowest BCUT2D eigenvalue weighted by molar-refractivity contribution is -0.172. The van der Waals surface area contributed by atoms with Crippen molar-refractivity contribution in [1.29, 1.82) is 0 Å². The number of carbonyl (C=O) groups is 2. The van der Waals surface area contributed by atoms with Crippen LogP contribution in [0, 0.1) is 0 Å². The Morgan fingerprint density at radius 2 is 1.78 bits per heavy atom. The van der Waals surface area contributed by atoms with E-state index in [2.05, 4.69) is 21.9 Å². The van der Waals surface area contributed by atoms with Crippen LogP contribution in [0.15, 0.2) is 46.5 Å². The van der Waals surface area contributed by atoms with Crippen molar-refractivity contribution >= 4 is 29.0 Å². The zero-order valence-electron chi connectivity index (χ0n) is 24.4. The van der Waals surface area contributed by atoms with Gasteiger partial charge in [0.15, 0.2) is 23.7 Å². The summed E-state index contributed by atoms with van der Waals surface area (Å²) >= 11 is 0. The van der Waals surface area contributed by atoms with Crippen LogP contribution < -0.4 is 22.3 Å².